The van der Waals surface area contributed by atoms with Gasteiger partial charge in [0.25, 0.3) is 0 Å². The molecule has 1 aromatic rings. The van der Waals surface area contributed by atoms with Gasteiger partial charge in [-0.05, 0) is 28.2 Å². The van der Waals surface area contributed by atoms with Crippen molar-refractivity contribution in [3.63, 3.8) is 0 Å². The molecule has 0 saturated heterocycles. The Morgan fingerprint density at radius 3 is 1.64 bits per heavy atom. The van der Waals surface area contributed by atoms with Crippen LogP contribution in [-0.2, 0) is 15.9 Å². The molecule has 1 rings (SSSR count). The van der Waals surface area contributed by atoms with E-state index in [1.54, 1.807) is 0 Å². The molecule has 0 aliphatic heterocycles. The Balaban J connectivity index is 0. The molecule has 25 heavy (non-hydrogen) atoms. The maximum absolute atomic E-state index is 5.75. The normalized spacial score (nSPS) is 11.8. The fraction of sp³-hybridized carbons (Fsp3) is 0.727. The lowest BCUT2D eigenvalue weighted by molar-refractivity contribution is 0.0280. The van der Waals surface area contributed by atoms with Gasteiger partial charge < -0.3 is 9.26 Å². The van der Waals surface area contributed by atoms with E-state index in [9.17, 15) is 0 Å². The summed E-state index contributed by atoms with van der Waals surface area (Å²) in [5.74, 6) is 1.33. The van der Waals surface area contributed by atoms with Crippen LogP contribution in [0.2, 0.25) is 0 Å². The van der Waals surface area contributed by atoms with Crippen LogP contribution in [0.5, 0.6) is 0 Å². The molecular weight excluding hydrogens is 327 g/mol. The first kappa shape index (κ1) is 26.8. The second-order valence-corrected chi connectivity index (χ2v) is 8.91. The monoisotopic (exact) mass is 370 g/mol. The van der Waals surface area contributed by atoms with Gasteiger partial charge in [-0.3, -0.25) is 0 Å². The Morgan fingerprint density at radius 1 is 0.840 bits per heavy atom. The minimum absolute atomic E-state index is 0. The Kier molecular flexibility index (Phi) is 13.8. The molecular formula is C22H43O2P. The summed E-state index contributed by atoms with van der Waals surface area (Å²) in [6, 6.07) is 10.3. The lowest BCUT2D eigenvalue weighted by atomic mass is 9.82. The summed E-state index contributed by atoms with van der Waals surface area (Å²) in [6.45, 7) is 20.2. The third kappa shape index (κ3) is 11.7. The van der Waals surface area contributed by atoms with Gasteiger partial charge in [-0.2, -0.15) is 0 Å². The van der Waals surface area contributed by atoms with E-state index in [0.717, 1.165) is 19.8 Å². The summed E-state index contributed by atoms with van der Waals surface area (Å²) >= 11 is 0. The highest BCUT2D eigenvalue weighted by molar-refractivity contribution is 7.09. The number of rotatable bonds is 8. The lowest BCUT2D eigenvalue weighted by Crippen LogP contribution is -2.25. The van der Waals surface area contributed by atoms with Crippen molar-refractivity contribution in [2.24, 2.45) is 22.7 Å². The molecule has 3 heteroatoms. The first-order valence-corrected chi connectivity index (χ1v) is 9.43. The molecule has 0 spiro atoms. The average molecular weight is 371 g/mol. The number of hydrogen-bond acceptors (Lipinski definition) is 2. The van der Waals surface area contributed by atoms with Crippen molar-refractivity contribution in [1.82, 2.24) is 0 Å². The first-order chi connectivity index (χ1) is 11.0. The highest BCUT2D eigenvalue weighted by atomic mass is 31.0. The SMILES string of the molecule is C.CC(C)C(C)(C)COCc1ccccc1.CC(C)C(C)(C)COP. The summed E-state index contributed by atoms with van der Waals surface area (Å²) in [5.41, 5.74) is 1.81. The Hall–Kier alpha value is -0.430. The molecule has 148 valence electrons. The molecule has 0 amide bonds. The fourth-order valence-electron chi connectivity index (χ4n) is 1.55. The predicted molar refractivity (Wildman–Crippen MR) is 116 cm³/mol. The average Bonchev–Trinajstić information content (AvgIpc) is 2.48. The van der Waals surface area contributed by atoms with Crippen molar-refractivity contribution < 1.29 is 9.26 Å². The molecule has 0 aliphatic carbocycles. The Labute approximate surface area is 160 Å². The molecule has 0 fully saturated rings. The van der Waals surface area contributed by atoms with Crippen molar-refractivity contribution in [1.29, 1.82) is 0 Å². The third-order valence-electron chi connectivity index (χ3n) is 5.17. The van der Waals surface area contributed by atoms with Crippen LogP contribution in [0.3, 0.4) is 0 Å². The lowest BCUT2D eigenvalue weighted by Gasteiger charge is -2.28. The van der Waals surface area contributed by atoms with Crippen LogP contribution in [0.15, 0.2) is 30.3 Å². The zero-order valence-corrected chi connectivity index (χ0v) is 18.2. The van der Waals surface area contributed by atoms with E-state index in [4.69, 9.17) is 9.26 Å². The van der Waals surface area contributed by atoms with E-state index < -0.39 is 0 Å². The van der Waals surface area contributed by atoms with Gasteiger partial charge in [0.1, 0.15) is 0 Å². The second-order valence-electron chi connectivity index (χ2n) is 8.58. The maximum atomic E-state index is 5.75. The molecule has 0 radical (unpaired) electrons. The van der Waals surface area contributed by atoms with Crippen LogP contribution >= 0.6 is 9.47 Å². The molecule has 1 unspecified atom stereocenters. The zero-order chi connectivity index (χ0) is 18.8. The topological polar surface area (TPSA) is 18.5 Å². The molecule has 1 aromatic carbocycles. The molecule has 0 aliphatic rings. The molecule has 2 nitrogen and oxygen atoms in total. The van der Waals surface area contributed by atoms with Crippen LogP contribution in [0, 0.1) is 22.7 Å². The summed E-state index contributed by atoms with van der Waals surface area (Å²) in [4.78, 5) is 0. The van der Waals surface area contributed by atoms with Gasteiger partial charge in [-0.1, -0.05) is 93.1 Å². The Morgan fingerprint density at radius 2 is 1.28 bits per heavy atom. The molecule has 0 aromatic heterocycles. The van der Waals surface area contributed by atoms with Gasteiger partial charge in [0, 0.05) is 9.47 Å². The molecule has 1 atom stereocenters. The smallest absolute Gasteiger partial charge is 0.0717 e. The van der Waals surface area contributed by atoms with Crippen molar-refractivity contribution in [3.05, 3.63) is 35.9 Å². The van der Waals surface area contributed by atoms with E-state index in [-0.39, 0.29) is 12.8 Å². The molecule has 0 bridgehead atoms. The summed E-state index contributed by atoms with van der Waals surface area (Å²) < 4.78 is 10.7. The van der Waals surface area contributed by atoms with Gasteiger partial charge in [-0.15, -0.1) is 0 Å². The summed E-state index contributed by atoms with van der Waals surface area (Å²) in [5, 5.41) is 0. The predicted octanol–water partition coefficient (Wildman–Crippen LogP) is 7.00. The van der Waals surface area contributed by atoms with Crippen molar-refractivity contribution in [2.45, 2.75) is 69.4 Å². The van der Waals surface area contributed by atoms with Gasteiger partial charge in [0.05, 0.1) is 19.8 Å². The molecule has 0 saturated carbocycles. The van der Waals surface area contributed by atoms with Crippen molar-refractivity contribution in [2.75, 3.05) is 13.2 Å². The van der Waals surface area contributed by atoms with Crippen LogP contribution in [-0.4, -0.2) is 13.2 Å². The maximum Gasteiger partial charge on any atom is 0.0717 e. The molecule has 0 N–H and O–H groups in total. The summed E-state index contributed by atoms with van der Waals surface area (Å²) in [7, 11) is 2.29. The summed E-state index contributed by atoms with van der Waals surface area (Å²) in [6.07, 6.45) is 0. The van der Waals surface area contributed by atoms with Gasteiger partial charge in [0.2, 0.25) is 0 Å². The second kappa shape index (κ2) is 12.8. The Bertz CT molecular complexity index is 425. The minimum Gasteiger partial charge on any atom is -0.376 e. The third-order valence-corrected chi connectivity index (χ3v) is 5.33. The van der Waals surface area contributed by atoms with Gasteiger partial charge in [0.15, 0.2) is 0 Å². The highest BCUT2D eigenvalue weighted by Crippen LogP contribution is 2.27. The van der Waals surface area contributed by atoms with Crippen molar-refractivity contribution in [3.8, 4) is 0 Å². The largest absolute Gasteiger partial charge is 0.376 e. The zero-order valence-electron chi connectivity index (χ0n) is 17.1. The minimum atomic E-state index is 0. The van der Waals surface area contributed by atoms with E-state index >= 15 is 0 Å². The van der Waals surface area contributed by atoms with Crippen LogP contribution < -0.4 is 0 Å². The van der Waals surface area contributed by atoms with E-state index in [1.807, 2.05) is 18.2 Å². The van der Waals surface area contributed by atoms with Crippen molar-refractivity contribution >= 4 is 9.47 Å². The van der Waals surface area contributed by atoms with E-state index in [1.165, 1.54) is 5.56 Å². The van der Waals surface area contributed by atoms with E-state index in [0.29, 0.717) is 17.3 Å². The van der Waals surface area contributed by atoms with E-state index in [2.05, 4.69) is 77.0 Å². The first-order valence-electron chi connectivity index (χ1n) is 8.96. The van der Waals surface area contributed by atoms with Gasteiger partial charge in [-0.25, -0.2) is 0 Å². The number of benzene rings is 1. The van der Waals surface area contributed by atoms with Gasteiger partial charge >= 0.3 is 0 Å². The fourth-order valence-corrected chi connectivity index (χ4v) is 1.98. The van der Waals surface area contributed by atoms with Crippen LogP contribution in [0.25, 0.3) is 0 Å². The van der Waals surface area contributed by atoms with Crippen LogP contribution in [0.4, 0.5) is 0 Å². The highest BCUT2D eigenvalue weighted by Gasteiger charge is 2.22. The number of ether oxygens (including phenoxy) is 1. The number of hydrogen-bond donors (Lipinski definition) is 0. The standard InChI is InChI=1S/C14H22O.C7H17OP.CH4/c1-12(2)14(3,4)11-15-10-13-8-6-5-7-9-13;1-6(2)7(3,4)5-8-9;/h5-9,12H,10-11H2,1-4H3;6H,5,9H2,1-4H3;1H4. The van der Waals surface area contributed by atoms with Crippen LogP contribution in [0.1, 0.15) is 68.4 Å². The molecule has 0 heterocycles. The quantitative estimate of drug-likeness (QED) is 0.459.